The first-order chi connectivity index (χ1) is 48.5. The van der Waals surface area contributed by atoms with Crippen molar-refractivity contribution < 1.29 is 48.3 Å². The molecule has 4 aliphatic rings. The predicted octanol–water partition coefficient (Wildman–Crippen LogP) is 16.1. The zero-order valence-electron chi connectivity index (χ0n) is 55.3. The second-order valence-corrected chi connectivity index (χ2v) is 25.5. The molecule has 0 N–H and O–H groups in total. The lowest BCUT2D eigenvalue weighted by molar-refractivity contribution is -0.138. The molecule has 0 radical (unpaired) electrons. The van der Waals surface area contributed by atoms with Gasteiger partial charge in [-0.1, -0.05) is 6.07 Å². The number of nitrogens with zero attached hydrogens (tertiary/aromatic N) is 9. The summed E-state index contributed by atoms with van der Waals surface area (Å²) in [6, 6.07) is 51.4. The van der Waals surface area contributed by atoms with E-state index < -0.39 is 23.5 Å². The maximum absolute atomic E-state index is 13.7. The number of aromatic nitrogens is 5. The lowest BCUT2D eigenvalue weighted by atomic mass is 10.0. The average molecular weight is 1370 g/mol. The number of hydrogen-bond acceptors (Lipinski definition) is 5. The van der Waals surface area contributed by atoms with Crippen LogP contribution in [0, 0.1) is 76.9 Å². The van der Waals surface area contributed by atoms with Crippen molar-refractivity contribution in [2.45, 2.75) is 64.2 Å². The van der Waals surface area contributed by atoms with Crippen LogP contribution in [0.3, 0.4) is 0 Å². The van der Waals surface area contributed by atoms with E-state index >= 15 is 0 Å². The van der Waals surface area contributed by atoms with Crippen LogP contribution in [0.2, 0.25) is 0 Å². The molecule has 101 heavy (non-hydrogen) atoms. The SMILES string of the molecule is CN1CCc2c(c3cc(C(F)(F)F)ccc3n2C#Cc2cccnc2)C1.CN1CCc2c(c3cc(F)ccc3n2C#Cc2ccc(C(F)(F)F)cc2)C1.CN1CCc2c(c3cc(F)ccc3n2C#Cc2ccc(F)cc2)C1.CN1CCc2c(c3cc(F)ccc3n2C#Cc2cccc(F)c2)C1. The number of fused-ring (bicyclic) bond motifs is 12. The van der Waals surface area contributed by atoms with Crippen molar-refractivity contribution in [2.24, 2.45) is 0 Å². The Hall–Kier alpha value is -10.8. The van der Waals surface area contributed by atoms with Gasteiger partial charge in [-0.3, -0.25) is 23.3 Å². The van der Waals surface area contributed by atoms with Gasteiger partial charge >= 0.3 is 12.4 Å². The standard InChI is InChI=1S/C21H16F4N2.C20H16F3N3.2C20H16F2N2/c1-26-10-9-20-18(13-26)17-12-16(22)6-7-19(17)27(20)11-8-14-2-4-15(5-3-14)21(23,24)25;1-25-9-7-19-17(13-25)16-11-15(20(21,22)23)4-5-18(16)26(19)10-6-14-3-2-8-24-12-14;1-23-10-9-20-18(13-23)17-12-16(22)6-7-19(17)24(20)11-8-14-2-4-15(21)5-3-14;1-23-9-8-20-18(13-23)17-12-16(22)5-6-19(17)24(20)10-7-14-3-2-4-15(21)11-14/h2-7,12H,9-10,13H2,1H3;2-5,8,11-12H,7,9,13H2,1H3;2-7,12H,9-10,13H2,1H3;2-6,11-12H,8-9,13H2,1H3. The Morgan fingerprint density at radius 2 is 0.653 bits per heavy atom. The number of pyridine rings is 1. The largest absolute Gasteiger partial charge is 0.416 e. The molecular weight excluding hydrogens is 1310 g/mol. The van der Waals surface area contributed by atoms with Gasteiger partial charge in [-0.25, -0.2) is 22.0 Å². The minimum Gasteiger partial charge on any atom is -0.302 e. The second kappa shape index (κ2) is 28.8. The Morgan fingerprint density at radius 1 is 0.327 bits per heavy atom. The normalized spacial score (nSPS) is 14.5. The van der Waals surface area contributed by atoms with E-state index in [1.165, 1.54) is 72.8 Å². The van der Waals surface area contributed by atoms with Crippen LogP contribution in [-0.4, -0.2) is 97.2 Å². The van der Waals surface area contributed by atoms with Crippen molar-refractivity contribution in [3.05, 3.63) is 278 Å². The van der Waals surface area contributed by atoms with E-state index in [9.17, 15) is 48.3 Å². The van der Waals surface area contributed by atoms with Crippen molar-refractivity contribution in [3.8, 4) is 47.9 Å². The second-order valence-electron chi connectivity index (χ2n) is 25.5. The van der Waals surface area contributed by atoms with E-state index in [4.69, 9.17) is 0 Å². The minimum atomic E-state index is -4.36. The van der Waals surface area contributed by atoms with E-state index in [1.54, 1.807) is 73.1 Å². The summed E-state index contributed by atoms with van der Waals surface area (Å²) in [5.74, 6) is 10.7. The van der Waals surface area contributed by atoms with E-state index in [0.29, 0.717) is 29.6 Å². The zero-order chi connectivity index (χ0) is 70.9. The molecule has 20 heteroatoms. The molecule has 7 aromatic carbocycles. The zero-order valence-corrected chi connectivity index (χ0v) is 55.3. The number of rotatable bonds is 0. The summed E-state index contributed by atoms with van der Waals surface area (Å²) in [6.07, 6.45) is -2.11. The first kappa shape index (κ1) is 68.7. The lowest BCUT2D eigenvalue weighted by Crippen LogP contribution is -2.27. The average Bonchev–Trinajstić information content (AvgIpc) is 1.62. The number of alkyl halides is 6. The molecule has 0 saturated heterocycles. The van der Waals surface area contributed by atoms with Crippen LogP contribution in [0.15, 0.2) is 170 Å². The minimum absolute atomic E-state index is 0.234. The Labute approximate surface area is 576 Å². The number of hydrogen-bond donors (Lipinski definition) is 0. The summed E-state index contributed by atoms with van der Waals surface area (Å²) in [5, 5.41) is 3.29. The topological polar surface area (TPSA) is 45.6 Å². The highest BCUT2D eigenvalue weighted by molar-refractivity contribution is 5.90. The number of halogens is 11. The Bertz CT molecular complexity index is 5400. The third-order valence-corrected chi connectivity index (χ3v) is 18.4. The fourth-order valence-corrected chi connectivity index (χ4v) is 13.3. The maximum Gasteiger partial charge on any atom is 0.416 e. The lowest BCUT2D eigenvalue weighted by Gasteiger charge is -2.23. The van der Waals surface area contributed by atoms with Gasteiger partial charge in [0.25, 0.3) is 0 Å². The Kier molecular flexibility index (Phi) is 19.6. The highest BCUT2D eigenvalue weighted by atomic mass is 19.4. The van der Waals surface area contributed by atoms with Crippen LogP contribution in [0.1, 0.15) is 78.4 Å². The van der Waals surface area contributed by atoms with Crippen molar-refractivity contribution in [1.29, 1.82) is 0 Å². The first-order valence-corrected chi connectivity index (χ1v) is 32.6. The molecule has 0 fully saturated rings. The van der Waals surface area contributed by atoms with Gasteiger partial charge in [0.05, 0.1) is 33.2 Å². The van der Waals surface area contributed by atoms with Crippen molar-refractivity contribution in [2.75, 3.05) is 54.4 Å². The fourth-order valence-electron chi connectivity index (χ4n) is 13.3. The summed E-state index contributed by atoms with van der Waals surface area (Å²) >= 11 is 0. The molecule has 510 valence electrons. The molecule has 0 amide bonds. The molecule has 9 heterocycles. The van der Waals surface area contributed by atoms with E-state index in [2.05, 4.69) is 86.5 Å². The quantitative estimate of drug-likeness (QED) is 0.112. The van der Waals surface area contributed by atoms with Crippen molar-refractivity contribution in [1.82, 2.24) is 42.9 Å². The molecule has 0 unspecified atom stereocenters. The summed E-state index contributed by atoms with van der Waals surface area (Å²) in [6.45, 7) is 6.51. The van der Waals surface area contributed by atoms with Gasteiger partial charge < -0.3 is 19.6 Å². The van der Waals surface area contributed by atoms with Gasteiger partial charge in [0.1, 0.15) is 29.1 Å². The molecule has 0 spiro atoms. The first-order valence-electron chi connectivity index (χ1n) is 32.6. The molecule has 9 nitrogen and oxygen atoms in total. The van der Waals surface area contributed by atoms with Crippen molar-refractivity contribution in [3.63, 3.8) is 0 Å². The predicted molar refractivity (Wildman–Crippen MR) is 370 cm³/mol. The van der Waals surface area contributed by atoms with Gasteiger partial charge in [-0.15, -0.1) is 0 Å². The molecule has 12 aromatic rings. The van der Waals surface area contributed by atoms with Crippen molar-refractivity contribution >= 4 is 43.6 Å². The summed E-state index contributed by atoms with van der Waals surface area (Å²) in [7, 11) is 8.11. The molecule has 0 saturated carbocycles. The number of likely N-dealkylation sites (N-methyl/N-ethyl adjacent to an activating group) is 4. The molecule has 0 aliphatic carbocycles. The molecule has 5 aromatic heterocycles. The van der Waals surface area contributed by atoms with E-state index in [-0.39, 0.29) is 29.1 Å². The monoisotopic (exact) mass is 1370 g/mol. The Balaban J connectivity index is 0.000000121. The van der Waals surface area contributed by atoms with Gasteiger partial charge in [0.15, 0.2) is 0 Å². The Morgan fingerprint density at radius 3 is 1.03 bits per heavy atom. The van der Waals surface area contributed by atoms with Gasteiger partial charge in [-0.05, 0) is 226 Å². The summed E-state index contributed by atoms with van der Waals surface area (Å²) in [5.41, 5.74) is 13.2. The summed E-state index contributed by atoms with van der Waals surface area (Å²) in [4.78, 5) is 12.8. The highest BCUT2D eigenvalue weighted by Crippen LogP contribution is 2.38. The molecule has 4 aliphatic heterocycles. The van der Waals surface area contributed by atoms with Crippen LogP contribution < -0.4 is 0 Å². The molecule has 0 atom stereocenters. The van der Waals surface area contributed by atoms with Crippen LogP contribution in [0.4, 0.5) is 48.3 Å². The number of benzene rings is 7. The van der Waals surface area contributed by atoms with Gasteiger partial charge in [-0.2, -0.15) is 26.3 Å². The van der Waals surface area contributed by atoms with Crippen LogP contribution in [0.5, 0.6) is 0 Å². The molecular formula is C81H64F11N9. The molecule has 0 bridgehead atoms. The fraction of sp³-hybridized carbons (Fsp3) is 0.222. The smallest absolute Gasteiger partial charge is 0.302 e. The van der Waals surface area contributed by atoms with Crippen LogP contribution in [0.25, 0.3) is 43.6 Å². The van der Waals surface area contributed by atoms with Gasteiger partial charge in [0.2, 0.25) is 0 Å². The van der Waals surface area contributed by atoms with Gasteiger partial charge in [0, 0.05) is 181 Å². The van der Waals surface area contributed by atoms with Crippen LogP contribution >= 0.6 is 0 Å². The van der Waals surface area contributed by atoms with Crippen LogP contribution in [-0.2, 0) is 64.2 Å². The summed E-state index contributed by atoms with van der Waals surface area (Å²) < 4.78 is 153. The van der Waals surface area contributed by atoms with E-state index in [1.807, 2.05) is 38.4 Å². The van der Waals surface area contributed by atoms with E-state index in [0.717, 1.165) is 178 Å². The third kappa shape index (κ3) is 15.2. The maximum atomic E-state index is 13.7. The third-order valence-electron chi connectivity index (χ3n) is 18.4. The molecule has 16 rings (SSSR count). The highest BCUT2D eigenvalue weighted by Gasteiger charge is 2.33.